The maximum Gasteiger partial charge on any atom is 0.104 e. The molecule has 0 aromatic heterocycles. The van der Waals surface area contributed by atoms with Crippen molar-refractivity contribution < 1.29 is 19.5 Å². The first-order valence-corrected chi connectivity index (χ1v) is 26.5. The molecule has 3 atom stereocenters. The topological polar surface area (TPSA) is 24.1 Å². The van der Waals surface area contributed by atoms with Gasteiger partial charge in [-0.15, -0.1) is 0 Å². The van der Waals surface area contributed by atoms with Crippen LogP contribution in [0.15, 0.2) is 65.0 Å². The fourth-order valence-electron chi connectivity index (χ4n) is 13.0. The third kappa shape index (κ3) is 10.7. The summed E-state index contributed by atoms with van der Waals surface area (Å²) in [6.07, 6.45) is 37.8. The van der Waals surface area contributed by atoms with Crippen LogP contribution in [0.4, 0.5) is 0 Å². The summed E-state index contributed by atoms with van der Waals surface area (Å²) in [5.74, 6) is 2.10. The molecule has 2 aromatic carbocycles. The molecule has 3 unspecified atom stereocenters. The summed E-state index contributed by atoms with van der Waals surface area (Å²) in [6, 6.07) is 9.89. The third-order valence-electron chi connectivity index (χ3n) is 15.4. The molecule has 2 N–H and O–H groups in total. The molecule has 3 saturated carbocycles. The van der Waals surface area contributed by atoms with Gasteiger partial charge in [0.25, 0.3) is 0 Å². The summed E-state index contributed by atoms with van der Waals surface area (Å²) in [4.78, 5) is 0. The van der Waals surface area contributed by atoms with Crippen molar-refractivity contribution in [2.24, 2.45) is 5.92 Å². The summed E-state index contributed by atoms with van der Waals surface area (Å²) in [5.41, 5.74) is 20.1. The van der Waals surface area contributed by atoms with Crippen LogP contribution in [-0.2, 0) is 24.9 Å². The van der Waals surface area contributed by atoms with Gasteiger partial charge in [0, 0.05) is 43.8 Å². The van der Waals surface area contributed by atoms with Gasteiger partial charge in [0.05, 0.1) is 5.41 Å². The van der Waals surface area contributed by atoms with Gasteiger partial charge in [-0.05, 0) is 161 Å². The predicted molar refractivity (Wildman–Crippen MR) is 260 cm³/mol. The predicted octanol–water partition coefficient (Wildman–Crippen LogP) is 15.6. The number of aryl methyl sites for hydroxylation is 6. The third-order valence-corrected chi connectivity index (χ3v) is 19.5. The van der Waals surface area contributed by atoms with Crippen molar-refractivity contribution >= 4 is 13.5 Å². The molecular formula is C56H83N2PRu. The number of unbranched alkanes of at least 4 members (excludes halogenated alkanes) is 1. The number of hydrogen-bond acceptors (Lipinski definition) is 2. The Morgan fingerprint density at radius 1 is 0.700 bits per heavy atom. The number of benzene rings is 2. The second-order valence-corrected chi connectivity index (χ2v) is 23.1. The van der Waals surface area contributed by atoms with Crippen molar-refractivity contribution in [1.29, 1.82) is 0 Å². The zero-order chi connectivity index (χ0) is 41.5. The van der Waals surface area contributed by atoms with E-state index in [9.17, 15) is 0 Å². The van der Waals surface area contributed by atoms with Gasteiger partial charge in [-0.1, -0.05) is 158 Å². The summed E-state index contributed by atoms with van der Waals surface area (Å²) in [6.45, 7) is 21.0. The van der Waals surface area contributed by atoms with Crippen LogP contribution in [-0.4, -0.2) is 30.1 Å². The molecule has 2 aromatic rings. The zero-order valence-corrected chi connectivity index (χ0v) is 42.0. The maximum absolute atomic E-state index is 4.00. The molecule has 0 spiro atoms. The fourth-order valence-corrected chi connectivity index (χ4v) is 17.6. The Bertz CT molecular complexity index is 1810. The maximum atomic E-state index is 4.00. The van der Waals surface area contributed by atoms with E-state index in [4.69, 9.17) is 0 Å². The van der Waals surface area contributed by atoms with Crippen molar-refractivity contribution in [3.63, 3.8) is 0 Å². The molecule has 330 valence electrons. The van der Waals surface area contributed by atoms with Gasteiger partial charge in [0.2, 0.25) is 0 Å². The Labute approximate surface area is 382 Å². The van der Waals surface area contributed by atoms with Gasteiger partial charge in [0.15, 0.2) is 0 Å². The van der Waals surface area contributed by atoms with E-state index in [0.717, 1.165) is 42.4 Å². The average molecular weight is 916 g/mol. The van der Waals surface area contributed by atoms with E-state index in [2.05, 4.69) is 109 Å². The first-order chi connectivity index (χ1) is 28.6. The Kier molecular flexibility index (Phi) is 17.5. The molecule has 1 saturated heterocycles. The van der Waals surface area contributed by atoms with E-state index in [0.29, 0.717) is 0 Å². The minimum atomic E-state index is -0.373. The van der Waals surface area contributed by atoms with Crippen LogP contribution in [0.2, 0.25) is 0 Å². The second kappa shape index (κ2) is 22.1. The van der Waals surface area contributed by atoms with Crippen LogP contribution >= 0.6 is 7.92 Å². The zero-order valence-electron chi connectivity index (χ0n) is 39.4. The van der Waals surface area contributed by atoms with Crippen molar-refractivity contribution in [3.8, 4) is 0 Å². The van der Waals surface area contributed by atoms with E-state index < -0.39 is 0 Å². The number of nitrogens with one attached hydrogen (secondary N) is 2. The minimum Gasteiger partial charge on any atom is -0.370 e. The van der Waals surface area contributed by atoms with Crippen LogP contribution in [0.3, 0.4) is 0 Å². The molecule has 5 aliphatic rings. The second-order valence-electron chi connectivity index (χ2n) is 20.1. The monoisotopic (exact) mass is 917 g/mol. The number of rotatable bonds is 14. The van der Waals surface area contributed by atoms with Gasteiger partial charge in [-0.25, -0.2) is 0 Å². The fraction of sp³-hybridized carbons (Fsp3) is 0.643. The molecule has 4 heteroatoms. The molecule has 1 aliphatic heterocycles. The van der Waals surface area contributed by atoms with E-state index >= 15 is 0 Å². The molecular weight excluding hydrogens is 833 g/mol. The number of hydrogen-bond donors (Lipinski definition) is 2. The van der Waals surface area contributed by atoms with Crippen LogP contribution in [0.1, 0.15) is 193 Å². The van der Waals surface area contributed by atoms with E-state index in [1.54, 1.807) is 5.57 Å². The van der Waals surface area contributed by atoms with Crippen LogP contribution < -0.4 is 10.6 Å². The van der Waals surface area contributed by atoms with Crippen LogP contribution in [0.25, 0.3) is 5.57 Å². The number of allylic oxidation sites excluding steroid dienone is 7. The van der Waals surface area contributed by atoms with Gasteiger partial charge in [0.1, 0.15) is 5.82 Å². The van der Waals surface area contributed by atoms with Crippen molar-refractivity contribution in [2.75, 3.05) is 13.1 Å². The first-order valence-electron chi connectivity index (χ1n) is 24.9. The standard InChI is InChI=1S/C56H83N2P.Ru/c1-9-11-21-45(10-2)22-20-23-46-36-50(52-41(5)32-39(3)33-42(52)6)54(55-57-30-31-58-55)56(37-46,53-43(7)34-40(4)35-44(53)8)38-47-24-18-19-29-51(47)59(48-25-14-12-15-26-48)49-27-16-13-17-28-49;/h32-38,45,48-49,51,57-58H,9-31H2,1-8H3;. The van der Waals surface area contributed by atoms with Crippen molar-refractivity contribution in [3.05, 3.63) is 110 Å². The molecule has 0 radical (unpaired) electrons. The summed E-state index contributed by atoms with van der Waals surface area (Å²) >= 11 is 0. The quantitative estimate of drug-likeness (QED) is 0.112. The average Bonchev–Trinajstić information content (AvgIpc) is 3.74. The molecule has 0 amide bonds. The normalized spacial score (nSPS) is 24.2. The largest absolute Gasteiger partial charge is 0.370 e. The van der Waals surface area contributed by atoms with Gasteiger partial charge in [-0.2, -0.15) is 0 Å². The Morgan fingerprint density at radius 2 is 1.25 bits per heavy atom. The van der Waals surface area contributed by atoms with E-state index in [-0.39, 0.29) is 32.8 Å². The first kappa shape index (κ1) is 47.5. The Hall–Kier alpha value is -1.95. The van der Waals surface area contributed by atoms with Gasteiger partial charge in [-0.3, -0.25) is 0 Å². The smallest absolute Gasteiger partial charge is 0.104 e. The van der Waals surface area contributed by atoms with Crippen LogP contribution in [0.5, 0.6) is 0 Å². The Morgan fingerprint density at radius 3 is 1.82 bits per heavy atom. The molecule has 1 heterocycles. The van der Waals surface area contributed by atoms with Crippen molar-refractivity contribution in [2.45, 2.75) is 213 Å². The van der Waals surface area contributed by atoms with E-state index in [1.165, 1.54) is 190 Å². The van der Waals surface area contributed by atoms with Gasteiger partial charge < -0.3 is 10.6 Å². The van der Waals surface area contributed by atoms with Crippen molar-refractivity contribution in [1.82, 2.24) is 10.6 Å². The molecule has 0 bridgehead atoms. The van der Waals surface area contributed by atoms with Crippen LogP contribution in [0, 0.1) is 47.5 Å². The molecule has 60 heavy (non-hydrogen) atoms. The summed E-state index contributed by atoms with van der Waals surface area (Å²) < 4.78 is 0. The van der Waals surface area contributed by atoms with Gasteiger partial charge >= 0.3 is 0 Å². The molecule has 4 fully saturated rings. The van der Waals surface area contributed by atoms with E-state index in [1.807, 2.05) is 5.57 Å². The molecule has 4 aliphatic carbocycles. The summed E-state index contributed by atoms with van der Waals surface area (Å²) in [5, 5.41) is 8.00. The Balaban J connectivity index is 0.00000604. The summed E-state index contributed by atoms with van der Waals surface area (Å²) in [7, 11) is -0.0725. The molecule has 2 nitrogen and oxygen atoms in total. The SMILES string of the molecule is CCCCC(CC)CCCC1=CC(C=C2CCCCC2P(C2CCCCC2)C2CCCCC2)(c2c(C)cc(C)cc2C)C(=C2NCCN2)C(c2c(C)cc(C)cc2C)=C1.[Ru]. The molecule has 7 rings (SSSR count). The minimum absolute atomic E-state index is 0.